The summed E-state index contributed by atoms with van der Waals surface area (Å²) in [6.07, 6.45) is 4.63. The molecule has 4 rings (SSSR count). The fraction of sp³-hybridized carbons (Fsp3) is 0.476. The highest BCUT2D eigenvalue weighted by Crippen LogP contribution is 2.40. The van der Waals surface area contributed by atoms with Crippen LogP contribution in [-0.4, -0.2) is 49.8 Å². The average molecular weight is 403 g/mol. The van der Waals surface area contributed by atoms with Crippen LogP contribution in [0.25, 0.3) is 0 Å². The third kappa shape index (κ3) is 3.86. The number of para-hydroxylation sites is 1. The van der Waals surface area contributed by atoms with Gasteiger partial charge in [-0.2, -0.15) is 0 Å². The van der Waals surface area contributed by atoms with E-state index in [1.807, 2.05) is 6.07 Å². The molecule has 0 aliphatic carbocycles. The zero-order valence-corrected chi connectivity index (χ0v) is 16.9. The summed E-state index contributed by atoms with van der Waals surface area (Å²) in [6.45, 7) is 5.75. The maximum absolute atomic E-state index is 12.8. The van der Waals surface area contributed by atoms with Crippen LogP contribution in [0.2, 0.25) is 0 Å². The fourth-order valence-electron chi connectivity index (χ4n) is 3.83. The monoisotopic (exact) mass is 402 g/mol. The molecule has 0 amide bonds. The van der Waals surface area contributed by atoms with E-state index >= 15 is 0 Å². The van der Waals surface area contributed by atoms with Crippen molar-refractivity contribution in [3.8, 4) is 11.6 Å². The standard InChI is InChI=1S/C21H26N2O4S/c1-16-21(27-18-7-2-3-8-19(18)28(16,24)25)17-9-10-20(22-15-17)26-14-6-13-23-11-4-5-12-23/h2-3,7-10,15-16,21H,4-6,11-14H2,1H3/t16-,21+/m0/s1. The minimum absolute atomic E-state index is 0.254. The van der Waals surface area contributed by atoms with Crippen LogP contribution in [0.15, 0.2) is 47.5 Å². The summed E-state index contributed by atoms with van der Waals surface area (Å²) in [5.41, 5.74) is 0.731. The highest BCUT2D eigenvalue weighted by molar-refractivity contribution is 7.92. The molecule has 2 aliphatic rings. The van der Waals surface area contributed by atoms with Gasteiger partial charge < -0.3 is 14.4 Å². The molecule has 28 heavy (non-hydrogen) atoms. The first-order valence-corrected chi connectivity index (χ1v) is 11.4. The number of aromatic nitrogens is 1. The molecule has 1 fully saturated rings. The van der Waals surface area contributed by atoms with Crippen molar-refractivity contribution in [3.63, 3.8) is 0 Å². The number of pyridine rings is 1. The molecule has 3 heterocycles. The molecule has 0 bridgehead atoms. The molecule has 0 saturated carbocycles. The quantitative estimate of drug-likeness (QED) is 0.691. The van der Waals surface area contributed by atoms with Gasteiger partial charge in [-0.3, -0.25) is 0 Å². The van der Waals surface area contributed by atoms with Crippen molar-refractivity contribution in [2.75, 3.05) is 26.2 Å². The van der Waals surface area contributed by atoms with E-state index in [1.165, 1.54) is 25.9 Å². The van der Waals surface area contributed by atoms with Crippen molar-refractivity contribution in [1.82, 2.24) is 9.88 Å². The average Bonchev–Trinajstić information content (AvgIpc) is 3.22. The molecule has 2 aromatic rings. The summed E-state index contributed by atoms with van der Waals surface area (Å²) in [5.74, 6) is 0.949. The number of ether oxygens (including phenoxy) is 2. The first-order valence-electron chi connectivity index (χ1n) is 9.86. The molecule has 150 valence electrons. The Hall–Kier alpha value is -2.12. The Morgan fingerprint density at radius 2 is 1.96 bits per heavy atom. The van der Waals surface area contributed by atoms with Gasteiger partial charge in [-0.15, -0.1) is 0 Å². The molecule has 0 unspecified atom stereocenters. The number of rotatable bonds is 6. The van der Waals surface area contributed by atoms with Gasteiger partial charge in [0, 0.05) is 24.4 Å². The van der Waals surface area contributed by atoms with E-state index in [4.69, 9.17) is 9.47 Å². The summed E-state index contributed by atoms with van der Waals surface area (Å²) in [5, 5.41) is -0.684. The lowest BCUT2D eigenvalue weighted by atomic mass is 10.1. The van der Waals surface area contributed by atoms with Crippen molar-refractivity contribution in [2.24, 2.45) is 0 Å². The molecule has 0 radical (unpaired) electrons. The molecule has 2 aliphatic heterocycles. The number of nitrogens with zero attached hydrogens (tertiary/aromatic N) is 2. The molecule has 6 nitrogen and oxygen atoms in total. The SMILES string of the molecule is C[C@H]1[C@H](c2ccc(OCCCN3CCCC3)nc2)Oc2ccccc2S1(=O)=O. The summed E-state index contributed by atoms with van der Waals surface area (Å²) < 4.78 is 37.3. The number of fused-ring (bicyclic) bond motifs is 1. The summed E-state index contributed by atoms with van der Waals surface area (Å²) >= 11 is 0. The Kier molecular flexibility index (Phi) is 5.55. The van der Waals surface area contributed by atoms with E-state index in [0.717, 1.165) is 18.5 Å². The van der Waals surface area contributed by atoms with Gasteiger partial charge in [0.1, 0.15) is 22.0 Å². The molecule has 1 saturated heterocycles. The second-order valence-electron chi connectivity index (χ2n) is 7.42. The van der Waals surface area contributed by atoms with Gasteiger partial charge in [-0.1, -0.05) is 12.1 Å². The minimum atomic E-state index is -3.44. The molecule has 1 aromatic heterocycles. The van der Waals surface area contributed by atoms with E-state index in [-0.39, 0.29) is 4.90 Å². The molecule has 0 N–H and O–H groups in total. The fourth-order valence-corrected chi connectivity index (χ4v) is 5.44. The van der Waals surface area contributed by atoms with Gasteiger partial charge in [-0.25, -0.2) is 13.4 Å². The van der Waals surface area contributed by atoms with E-state index in [1.54, 1.807) is 43.5 Å². The van der Waals surface area contributed by atoms with E-state index in [0.29, 0.717) is 18.2 Å². The van der Waals surface area contributed by atoms with Crippen molar-refractivity contribution < 1.29 is 17.9 Å². The van der Waals surface area contributed by atoms with Crippen molar-refractivity contribution in [1.29, 1.82) is 0 Å². The smallest absolute Gasteiger partial charge is 0.213 e. The maximum atomic E-state index is 12.8. The second kappa shape index (κ2) is 8.09. The minimum Gasteiger partial charge on any atom is -0.483 e. The normalized spacial score (nSPS) is 23.8. The van der Waals surface area contributed by atoms with Crippen molar-refractivity contribution >= 4 is 9.84 Å². The number of benzene rings is 1. The Morgan fingerprint density at radius 1 is 1.18 bits per heavy atom. The first-order chi connectivity index (χ1) is 13.6. The third-order valence-electron chi connectivity index (χ3n) is 5.48. The molecular weight excluding hydrogens is 376 g/mol. The predicted octanol–water partition coefficient (Wildman–Crippen LogP) is 3.24. The molecule has 7 heteroatoms. The molecule has 2 atom stereocenters. The number of sulfone groups is 1. The van der Waals surface area contributed by atoms with Crippen molar-refractivity contribution in [2.45, 2.75) is 42.4 Å². The second-order valence-corrected chi connectivity index (χ2v) is 9.69. The highest BCUT2D eigenvalue weighted by Gasteiger charge is 2.40. The Morgan fingerprint density at radius 3 is 2.71 bits per heavy atom. The number of likely N-dealkylation sites (tertiary alicyclic amines) is 1. The van der Waals surface area contributed by atoms with Crippen LogP contribution in [0.3, 0.4) is 0 Å². The van der Waals surface area contributed by atoms with Gasteiger partial charge in [0.05, 0.1) is 6.61 Å². The Labute approximate surface area is 166 Å². The van der Waals surface area contributed by atoms with Gasteiger partial charge in [-0.05, 0) is 57.5 Å². The number of hydrogen-bond acceptors (Lipinski definition) is 6. The van der Waals surface area contributed by atoms with Gasteiger partial charge in [0.25, 0.3) is 0 Å². The summed E-state index contributed by atoms with van der Waals surface area (Å²) in [7, 11) is -3.44. The zero-order valence-electron chi connectivity index (χ0n) is 16.1. The molecule has 0 spiro atoms. The summed E-state index contributed by atoms with van der Waals surface area (Å²) in [6, 6.07) is 10.4. The van der Waals surface area contributed by atoms with E-state index in [9.17, 15) is 8.42 Å². The lowest BCUT2D eigenvalue weighted by Crippen LogP contribution is -2.34. The van der Waals surface area contributed by atoms with Crippen LogP contribution in [0.5, 0.6) is 11.6 Å². The van der Waals surface area contributed by atoms with Crippen molar-refractivity contribution in [3.05, 3.63) is 48.2 Å². The molecular formula is C21H26N2O4S. The van der Waals surface area contributed by atoms with Crippen LogP contribution in [0, 0.1) is 0 Å². The van der Waals surface area contributed by atoms with Crippen LogP contribution in [-0.2, 0) is 9.84 Å². The van der Waals surface area contributed by atoms with Crippen LogP contribution < -0.4 is 9.47 Å². The first kappa shape index (κ1) is 19.2. The van der Waals surface area contributed by atoms with Crippen LogP contribution in [0.1, 0.15) is 37.9 Å². The summed E-state index contributed by atoms with van der Waals surface area (Å²) in [4.78, 5) is 7.06. The predicted molar refractivity (Wildman–Crippen MR) is 106 cm³/mol. The third-order valence-corrected chi connectivity index (χ3v) is 7.66. The lowest BCUT2D eigenvalue weighted by Gasteiger charge is -2.31. The Bertz CT molecular complexity index is 908. The van der Waals surface area contributed by atoms with Crippen LogP contribution >= 0.6 is 0 Å². The van der Waals surface area contributed by atoms with Gasteiger partial charge in [0.15, 0.2) is 9.84 Å². The highest BCUT2D eigenvalue weighted by atomic mass is 32.2. The van der Waals surface area contributed by atoms with Crippen LogP contribution in [0.4, 0.5) is 0 Å². The topological polar surface area (TPSA) is 68.7 Å². The van der Waals surface area contributed by atoms with E-state index in [2.05, 4.69) is 9.88 Å². The number of hydrogen-bond donors (Lipinski definition) is 0. The lowest BCUT2D eigenvalue weighted by molar-refractivity contribution is 0.188. The zero-order chi connectivity index (χ0) is 19.6. The van der Waals surface area contributed by atoms with E-state index < -0.39 is 21.2 Å². The van der Waals surface area contributed by atoms with Gasteiger partial charge >= 0.3 is 0 Å². The molecule has 1 aromatic carbocycles. The Balaban J connectivity index is 1.39. The maximum Gasteiger partial charge on any atom is 0.213 e. The largest absolute Gasteiger partial charge is 0.483 e. The van der Waals surface area contributed by atoms with Gasteiger partial charge in [0.2, 0.25) is 5.88 Å².